The molecule has 12 heteroatoms. The first kappa shape index (κ1) is 20.7. The topological polar surface area (TPSA) is 124 Å². The fourth-order valence-electron chi connectivity index (χ4n) is 3.64. The van der Waals surface area contributed by atoms with E-state index in [2.05, 4.69) is 35.8 Å². The number of aromatic nitrogens is 5. The lowest BCUT2D eigenvalue weighted by molar-refractivity contribution is -0.120. The smallest absolute Gasteiger partial charge is 0.326 e. The van der Waals surface area contributed by atoms with Gasteiger partial charge in [-0.15, -0.1) is 0 Å². The number of H-pyrrole nitrogens is 2. The van der Waals surface area contributed by atoms with E-state index in [0.29, 0.717) is 36.2 Å². The Labute approximate surface area is 186 Å². The van der Waals surface area contributed by atoms with Crippen LogP contribution in [-0.2, 0) is 4.79 Å². The number of aryl methyl sites for hydroxylation is 2. The maximum Gasteiger partial charge on any atom is 0.326 e. The van der Waals surface area contributed by atoms with Crippen molar-refractivity contribution in [2.24, 2.45) is 0 Å². The van der Waals surface area contributed by atoms with Crippen molar-refractivity contribution in [1.29, 1.82) is 0 Å². The van der Waals surface area contributed by atoms with Crippen LogP contribution in [0.15, 0.2) is 24.3 Å². The quantitative estimate of drug-likeness (QED) is 0.365. The zero-order chi connectivity index (χ0) is 23.1. The number of hydrogen-bond donors (Lipinski definition) is 4. The van der Waals surface area contributed by atoms with Crippen LogP contribution in [0.4, 0.5) is 26.2 Å². The van der Waals surface area contributed by atoms with Gasteiger partial charge in [-0.1, -0.05) is 0 Å². The van der Waals surface area contributed by atoms with Gasteiger partial charge in [0.05, 0.1) is 12.1 Å². The van der Waals surface area contributed by atoms with Crippen LogP contribution in [-0.4, -0.2) is 50.7 Å². The molecule has 170 valence electrons. The molecule has 0 spiro atoms. The second-order valence-corrected chi connectivity index (χ2v) is 7.74. The fourth-order valence-corrected chi connectivity index (χ4v) is 3.64. The number of halogens is 2. The van der Waals surface area contributed by atoms with Gasteiger partial charge in [-0.2, -0.15) is 15.1 Å². The Kier molecular flexibility index (Phi) is 5.04. The van der Waals surface area contributed by atoms with Crippen molar-refractivity contribution in [3.05, 3.63) is 47.3 Å². The predicted molar refractivity (Wildman–Crippen MR) is 117 cm³/mol. The van der Waals surface area contributed by atoms with Crippen molar-refractivity contribution in [3.63, 3.8) is 0 Å². The van der Waals surface area contributed by atoms with E-state index in [1.165, 1.54) is 6.07 Å². The lowest BCUT2D eigenvalue weighted by Crippen LogP contribution is -2.48. The van der Waals surface area contributed by atoms with E-state index in [1.54, 1.807) is 24.0 Å². The summed E-state index contributed by atoms with van der Waals surface area (Å²) in [6, 6.07) is 5.64. The number of benzene rings is 1. The fraction of sp³-hybridized carbons (Fsp3) is 0.238. The monoisotopic (exact) mass is 454 g/mol. The van der Waals surface area contributed by atoms with Crippen LogP contribution < -0.4 is 20.3 Å². The molecule has 4 heterocycles. The summed E-state index contributed by atoms with van der Waals surface area (Å²) in [4.78, 5) is 25.0. The molecule has 1 fully saturated rings. The molecule has 0 aliphatic carbocycles. The van der Waals surface area contributed by atoms with E-state index >= 15 is 4.39 Å². The highest BCUT2D eigenvalue weighted by atomic mass is 19.1. The molecule has 0 bridgehead atoms. The molecule has 0 atom stereocenters. The number of rotatable bonds is 5. The van der Waals surface area contributed by atoms with Crippen LogP contribution in [0.25, 0.3) is 10.9 Å². The molecule has 1 amide bonds. The van der Waals surface area contributed by atoms with E-state index in [0.717, 1.165) is 11.8 Å². The number of fused-ring (bicyclic) bond motifs is 1. The highest BCUT2D eigenvalue weighted by Crippen LogP contribution is 2.33. The maximum absolute atomic E-state index is 15.0. The van der Waals surface area contributed by atoms with Crippen LogP contribution in [0.3, 0.4) is 0 Å². The van der Waals surface area contributed by atoms with Crippen molar-refractivity contribution in [3.8, 4) is 11.8 Å². The van der Waals surface area contributed by atoms with Gasteiger partial charge in [-0.05, 0) is 19.9 Å². The number of amides is 1. The van der Waals surface area contributed by atoms with Crippen LogP contribution in [0, 0.1) is 25.5 Å². The minimum atomic E-state index is -0.737. The number of anilines is 3. The second-order valence-electron chi connectivity index (χ2n) is 7.74. The highest BCUT2D eigenvalue weighted by Gasteiger charge is 2.22. The van der Waals surface area contributed by atoms with E-state index < -0.39 is 11.6 Å². The van der Waals surface area contributed by atoms with Crippen molar-refractivity contribution in [1.82, 2.24) is 30.5 Å². The molecule has 0 radical (unpaired) electrons. The third kappa shape index (κ3) is 4.14. The average Bonchev–Trinajstić information content (AvgIpc) is 3.37. The SMILES string of the molecule is Cc1cc(Nc2cc(N3CCNC(=O)C3)nc(Oc3cc(F)c4[nH]c(C)cc4c3F)n2)n[nH]1. The predicted octanol–water partition coefficient (Wildman–Crippen LogP) is 3.05. The molecule has 1 saturated heterocycles. The first-order valence-corrected chi connectivity index (χ1v) is 10.2. The largest absolute Gasteiger partial charge is 0.421 e. The summed E-state index contributed by atoms with van der Waals surface area (Å²) >= 11 is 0. The molecule has 3 aromatic heterocycles. The molecule has 0 saturated carbocycles. The number of hydrogen-bond acceptors (Lipinski definition) is 7. The van der Waals surface area contributed by atoms with Gasteiger partial charge >= 0.3 is 6.01 Å². The van der Waals surface area contributed by atoms with Gasteiger partial charge in [-0.3, -0.25) is 9.89 Å². The van der Waals surface area contributed by atoms with Crippen molar-refractivity contribution < 1.29 is 18.3 Å². The molecular weight excluding hydrogens is 434 g/mol. The molecule has 5 rings (SSSR count). The zero-order valence-electron chi connectivity index (χ0n) is 17.8. The third-order valence-electron chi connectivity index (χ3n) is 5.12. The number of nitrogens with one attached hydrogen (secondary N) is 4. The standard InChI is InChI=1S/C21H20F2N8O2/c1-10-5-12-19(23)14(7-13(22)20(12)25-10)33-21-27-15(26-16-6-11(2)29-30-16)8-17(28-21)31-4-3-24-18(32)9-31/h5-8,25H,3-4,9H2,1-2H3,(H,24,32)(H2,26,27,28,29,30). The summed E-state index contributed by atoms with van der Waals surface area (Å²) in [6.45, 7) is 4.61. The summed E-state index contributed by atoms with van der Waals surface area (Å²) in [5.41, 5.74) is 1.51. The van der Waals surface area contributed by atoms with E-state index in [-0.39, 0.29) is 35.1 Å². The molecule has 0 unspecified atom stereocenters. The number of nitrogens with zero attached hydrogens (tertiary/aromatic N) is 4. The van der Waals surface area contributed by atoms with Gasteiger partial charge in [-0.25, -0.2) is 8.78 Å². The van der Waals surface area contributed by atoms with Crippen molar-refractivity contribution in [2.75, 3.05) is 29.9 Å². The van der Waals surface area contributed by atoms with Crippen molar-refractivity contribution >= 4 is 34.3 Å². The summed E-state index contributed by atoms with van der Waals surface area (Å²) < 4.78 is 35.2. The molecule has 4 N–H and O–H groups in total. The van der Waals surface area contributed by atoms with Gasteiger partial charge in [0.25, 0.3) is 0 Å². The number of carbonyl (C=O) groups is 1. The normalized spacial score (nSPS) is 13.9. The summed E-state index contributed by atoms with van der Waals surface area (Å²) in [7, 11) is 0. The zero-order valence-corrected chi connectivity index (χ0v) is 17.8. The number of carbonyl (C=O) groups excluding carboxylic acids is 1. The lowest BCUT2D eigenvalue weighted by Gasteiger charge is -2.27. The van der Waals surface area contributed by atoms with E-state index in [4.69, 9.17) is 4.74 Å². The Bertz CT molecular complexity index is 1370. The van der Waals surface area contributed by atoms with Crippen LogP contribution in [0.2, 0.25) is 0 Å². The van der Waals surface area contributed by atoms with E-state index in [1.807, 2.05) is 6.92 Å². The lowest BCUT2D eigenvalue weighted by atomic mass is 10.2. The minimum Gasteiger partial charge on any atom is -0.421 e. The molecule has 1 aliphatic rings. The molecular formula is C21H20F2N8O2. The third-order valence-corrected chi connectivity index (χ3v) is 5.12. The van der Waals surface area contributed by atoms with Crippen LogP contribution in [0.1, 0.15) is 11.4 Å². The Morgan fingerprint density at radius 1 is 1.09 bits per heavy atom. The van der Waals surface area contributed by atoms with Crippen LogP contribution in [0.5, 0.6) is 11.8 Å². The molecule has 1 aliphatic heterocycles. The Morgan fingerprint density at radius 3 is 2.70 bits per heavy atom. The first-order valence-electron chi connectivity index (χ1n) is 10.2. The van der Waals surface area contributed by atoms with Gasteiger partial charge in [0.2, 0.25) is 5.91 Å². The Hall–Kier alpha value is -4.22. The van der Waals surface area contributed by atoms with Crippen LogP contribution >= 0.6 is 0 Å². The van der Waals surface area contributed by atoms with Gasteiger partial charge in [0, 0.05) is 48.1 Å². The summed E-state index contributed by atoms with van der Waals surface area (Å²) in [5.74, 6) is -0.699. The average molecular weight is 454 g/mol. The molecule has 33 heavy (non-hydrogen) atoms. The molecule has 10 nitrogen and oxygen atoms in total. The first-order chi connectivity index (χ1) is 15.9. The molecule has 1 aromatic carbocycles. The Balaban J connectivity index is 1.53. The highest BCUT2D eigenvalue weighted by molar-refractivity contribution is 5.84. The Morgan fingerprint density at radius 2 is 1.94 bits per heavy atom. The maximum atomic E-state index is 15.0. The number of aromatic amines is 2. The second kappa shape index (κ2) is 8.04. The minimum absolute atomic E-state index is 0.0580. The van der Waals surface area contributed by atoms with Gasteiger partial charge in [0.15, 0.2) is 23.2 Å². The summed E-state index contributed by atoms with van der Waals surface area (Å²) in [6.07, 6.45) is 0. The van der Waals surface area contributed by atoms with Crippen molar-refractivity contribution in [2.45, 2.75) is 13.8 Å². The summed E-state index contributed by atoms with van der Waals surface area (Å²) in [5, 5.41) is 12.8. The number of piperazine rings is 1. The number of ether oxygens (including phenoxy) is 1. The van der Waals surface area contributed by atoms with Gasteiger partial charge < -0.3 is 25.3 Å². The van der Waals surface area contributed by atoms with E-state index in [9.17, 15) is 9.18 Å². The molecule has 4 aromatic rings. The van der Waals surface area contributed by atoms with Gasteiger partial charge in [0.1, 0.15) is 11.6 Å².